The molecule has 5 nitrogen and oxygen atoms in total. The van der Waals surface area contributed by atoms with Crippen molar-refractivity contribution < 1.29 is 19.1 Å². The van der Waals surface area contributed by atoms with Gasteiger partial charge in [0.1, 0.15) is 5.75 Å². The van der Waals surface area contributed by atoms with Crippen molar-refractivity contribution in [2.45, 2.75) is 58.4 Å². The largest absolute Gasteiger partial charge is 0.494 e. The van der Waals surface area contributed by atoms with Crippen molar-refractivity contribution in [3.8, 4) is 5.75 Å². The second-order valence-electron chi connectivity index (χ2n) is 6.74. The number of hydrogen-bond acceptors (Lipinski definition) is 4. The van der Waals surface area contributed by atoms with Gasteiger partial charge in [-0.25, -0.2) is 4.79 Å². The van der Waals surface area contributed by atoms with Gasteiger partial charge in [0.2, 0.25) is 0 Å². The molecule has 0 bridgehead atoms. The molecule has 5 heteroatoms. The molecule has 1 aliphatic carbocycles. The Labute approximate surface area is 150 Å². The van der Waals surface area contributed by atoms with Crippen LogP contribution >= 0.6 is 0 Å². The molecule has 0 heterocycles. The zero-order valence-electron chi connectivity index (χ0n) is 15.3. The summed E-state index contributed by atoms with van der Waals surface area (Å²) >= 11 is 0. The summed E-state index contributed by atoms with van der Waals surface area (Å²) in [5, 5.41) is 2.98. The van der Waals surface area contributed by atoms with E-state index in [2.05, 4.69) is 19.2 Å². The van der Waals surface area contributed by atoms with Crippen LogP contribution in [0.4, 0.5) is 0 Å². The SMILES string of the molecule is CCCCOc1ccc(C(=O)OCC(=O)N[C@H]2CCCC[C@H]2C)cc1. The fourth-order valence-corrected chi connectivity index (χ4v) is 3.02. The van der Waals surface area contributed by atoms with Crippen molar-refractivity contribution in [1.82, 2.24) is 5.32 Å². The lowest BCUT2D eigenvalue weighted by molar-refractivity contribution is -0.125. The fourth-order valence-electron chi connectivity index (χ4n) is 3.02. The van der Waals surface area contributed by atoms with Gasteiger partial charge in [-0.3, -0.25) is 4.79 Å². The van der Waals surface area contributed by atoms with E-state index in [9.17, 15) is 9.59 Å². The molecule has 138 valence electrons. The van der Waals surface area contributed by atoms with Gasteiger partial charge >= 0.3 is 5.97 Å². The van der Waals surface area contributed by atoms with Crippen molar-refractivity contribution >= 4 is 11.9 Å². The first kappa shape index (κ1) is 19.3. The van der Waals surface area contributed by atoms with Crippen molar-refractivity contribution in [3.05, 3.63) is 29.8 Å². The molecule has 1 fully saturated rings. The second kappa shape index (κ2) is 10.1. The van der Waals surface area contributed by atoms with E-state index in [1.54, 1.807) is 24.3 Å². The van der Waals surface area contributed by atoms with Crippen molar-refractivity contribution in [2.24, 2.45) is 5.92 Å². The normalized spacial score (nSPS) is 19.9. The molecule has 0 saturated heterocycles. The number of rotatable bonds is 8. The highest BCUT2D eigenvalue weighted by Gasteiger charge is 2.23. The lowest BCUT2D eigenvalue weighted by Crippen LogP contribution is -2.42. The molecule has 0 radical (unpaired) electrons. The minimum absolute atomic E-state index is 0.194. The predicted octanol–water partition coefficient (Wildman–Crippen LogP) is 3.72. The number of carbonyl (C=O) groups excluding carboxylic acids is 2. The topological polar surface area (TPSA) is 64.6 Å². The minimum atomic E-state index is -0.494. The van der Waals surface area contributed by atoms with E-state index in [0.717, 1.165) is 37.9 Å². The van der Waals surface area contributed by atoms with E-state index in [0.29, 0.717) is 18.1 Å². The van der Waals surface area contributed by atoms with Crippen LogP contribution in [0.15, 0.2) is 24.3 Å². The van der Waals surface area contributed by atoms with Gasteiger partial charge in [-0.2, -0.15) is 0 Å². The Morgan fingerprint density at radius 2 is 1.88 bits per heavy atom. The molecule has 1 aromatic rings. The van der Waals surface area contributed by atoms with Crippen LogP contribution in [-0.2, 0) is 9.53 Å². The molecule has 25 heavy (non-hydrogen) atoms. The molecule has 1 N–H and O–H groups in total. The molecule has 2 rings (SSSR count). The summed E-state index contributed by atoms with van der Waals surface area (Å²) in [4.78, 5) is 24.0. The summed E-state index contributed by atoms with van der Waals surface area (Å²) < 4.78 is 10.7. The number of esters is 1. The maximum absolute atomic E-state index is 12.0. The Kier molecular flexibility index (Phi) is 7.76. The maximum Gasteiger partial charge on any atom is 0.338 e. The van der Waals surface area contributed by atoms with Crippen LogP contribution in [0.5, 0.6) is 5.75 Å². The van der Waals surface area contributed by atoms with Crippen molar-refractivity contribution in [2.75, 3.05) is 13.2 Å². The Balaban J connectivity index is 1.74. The monoisotopic (exact) mass is 347 g/mol. The van der Waals surface area contributed by atoms with Gasteiger partial charge in [0.05, 0.1) is 12.2 Å². The zero-order valence-corrected chi connectivity index (χ0v) is 15.3. The van der Waals surface area contributed by atoms with Gasteiger partial charge in [0, 0.05) is 6.04 Å². The number of carbonyl (C=O) groups is 2. The standard InChI is InChI=1S/C20H29NO4/c1-3-4-13-24-17-11-9-16(10-12-17)20(23)25-14-19(22)21-18-8-6-5-7-15(18)2/h9-12,15,18H,3-8,13-14H2,1-2H3,(H,21,22)/t15-,18+/m1/s1. The molecule has 1 aromatic carbocycles. The summed E-state index contributed by atoms with van der Waals surface area (Å²) in [6, 6.07) is 7.00. The first-order chi connectivity index (χ1) is 12.1. The van der Waals surface area contributed by atoms with E-state index in [4.69, 9.17) is 9.47 Å². The number of benzene rings is 1. The molecular formula is C20H29NO4. The summed E-state index contributed by atoms with van der Waals surface area (Å²) in [6.45, 7) is 4.69. The van der Waals surface area contributed by atoms with E-state index < -0.39 is 5.97 Å². The summed E-state index contributed by atoms with van der Waals surface area (Å²) in [6.07, 6.45) is 6.57. The van der Waals surface area contributed by atoms with E-state index in [1.807, 2.05) is 0 Å². The molecule has 0 unspecified atom stereocenters. The van der Waals surface area contributed by atoms with E-state index in [1.165, 1.54) is 6.42 Å². The molecule has 1 saturated carbocycles. The van der Waals surface area contributed by atoms with Crippen molar-refractivity contribution in [1.29, 1.82) is 0 Å². The maximum atomic E-state index is 12.0. The van der Waals surface area contributed by atoms with Crippen LogP contribution < -0.4 is 10.1 Å². The number of ether oxygens (including phenoxy) is 2. The van der Waals surface area contributed by atoms with Gasteiger partial charge in [-0.1, -0.05) is 33.1 Å². The molecular weight excluding hydrogens is 318 g/mol. The first-order valence-electron chi connectivity index (χ1n) is 9.29. The Bertz CT molecular complexity index is 555. The highest BCUT2D eigenvalue weighted by atomic mass is 16.5. The quantitative estimate of drug-likeness (QED) is 0.575. The van der Waals surface area contributed by atoms with Crippen LogP contribution in [0.25, 0.3) is 0 Å². The summed E-state index contributed by atoms with van der Waals surface area (Å²) in [5.41, 5.74) is 0.418. The summed E-state index contributed by atoms with van der Waals surface area (Å²) in [5.74, 6) is 0.487. The van der Waals surface area contributed by atoms with Crippen LogP contribution in [0.3, 0.4) is 0 Å². The zero-order chi connectivity index (χ0) is 18.1. The molecule has 0 aromatic heterocycles. The Morgan fingerprint density at radius 1 is 1.16 bits per heavy atom. The van der Waals surface area contributed by atoms with E-state index >= 15 is 0 Å². The lowest BCUT2D eigenvalue weighted by Gasteiger charge is -2.29. The molecule has 0 aliphatic heterocycles. The van der Waals surface area contributed by atoms with Gasteiger partial charge in [-0.15, -0.1) is 0 Å². The first-order valence-corrected chi connectivity index (χ1v) is 9.29. The molecule has 2 atom stereocenters. The number of hydrogen-bond donors (Lipinski definition) is 1. The third-order valence-electron chi connectivity index (χ3n) is 4.65. The third-order valence-corrected chi connectivity index (χ3v) is 4.65. The highest BCUT2D eigenvalue weighted by Crippen LogP contribution is 2.23. The predicted molar refractivity (Wildman–Crippen MR) is 96.7 cm³/mol. The lowest BCUT2D eigenvalue weighted by atomic mass is 9.86. The Hall–Kier alpha value is -2.04. The highest BCUT2D eigenvalue weighted by molar-refractivity contribution is 5.91. The molecule has 1 aliphatic rings. The molecule has 0 spiro atoms. The van der Waals surface area contributed by atoms with E-state index in [-0.39, 0.29) is 18.6 Å². The number of unbranched alkanes of at least 4 members (excludes halogenated alkanes) is 1. The second-order valence-corrected chi connectivity index (χ2v) is 6.74. The number of amides is 1. The van der Waals surface area contributed by atoms with Crippen LogP contribution in [0, 0.1) is 5.92 Å². The smallest absolute Gasteiger partial charge is 0.338 e. The minimum Gasteiger partial charge on any atom is -0.494 e. The average molecular weight is 347 g/mol. The van der Waals surface area contributed by atoms with Crippen LogP contribution in [0.1, 0.15) is 62.7 Å². The van der Waals surface area contributed by atoms with Crippen molar-refractivity contribution in [3.63, 3.8) is 0 Å². The van der Waals surface area contributed by atoms with Gasteiger partial charge in [-0.05, 0) is 49.4 Å². The number of nitrogens with one attached hydrogen (secondary N) is 1. The van der Waals surface area contributed by atoms with Gasteiger partial charge in [0.25, 0.3) is 5.91 Å². The fraction of sp³-hybridized carbons (Fsp3) is 0.600. The third kappa shape index (κ3) is 6.40. The van der Waals surface area contributed by atoms with Crippen LogP contribution in [0.2, 0.25) is 0 Å². The Morgan fingerprint density at radius 3 is 2.56 bits per heavy atom. The molecule has 1 amide bonds. The summed E-state index contributed by atoms with van der Waals surface area (Å²) in [7, 11) is 0. The van der Waals surface area contributed by atoms with Crippen LogP contribution in [-0.4, -0.2) is 31.1 Å². The average Bonchev–Trinajstić information content (AvgIpc) is 2.62. The van der Waals surface area contributed by atoms with Gasteiger partial charge < -0.3 is 14.8 Å². The van der Waals surface area contributed by atoms with Gasteiger partial charge in [0.15, 0.2) is 6.61 Å².